The summed E-state index contributed by atoms with van der Waals surface area (Å²) >= 11 is 0. The minimum Gasteiger partial charge on any atom is -0.458 e. The first-order valence-corrected chi connectivity index (χ1v) is 19.9. The van der Waals surface area contributed by atoms with Crippen molar-refractivity contribution in [2.75, 3.05) is 13.2 Å². The lowest BCUT2D eigenvalue weighted by Crippen LogP contribution is -2.29. The molecule has 9 heteroatoms. The van der Waals surface area contributed by atoms with Crippen molar-refractivity contribution in [3.63, 3.8) is 0 Å². The van der Waals surface area contributed by atoms with Gasteiger partial charge in [0.2, 0.25) is 0 Å². The third-order valence-corrected chi connectivity index (χ3v) is 8.22. The number of phosphoric ester groups is 1. The van der Waals surface area contributed by atoms with Crippen LogP contribution in [0.25, 0.3) is 0 Å². The maximum absolute atomic E-state index is 12.3. The lowest BCUT2D eigenvalue weighted by Gasteiger charge is -2.18. The van der Waals surface area contributed by atoms with Crippen molar-refractivity contribution >= 4 is 19.8 Å². The Bertz CT molecular complexity index is 848. The van der Waals surface area contributed by atoms with Crippen molar-refractivity contribution in [3.8, 4) is 0 Å². The number of ether oxygens (including phenoxy) is 2. The number of carbonyl (C=O) groups is 2. The van der Waals surface area contributed by atoms with Crippen LogP contribution in [0.3, 0.4) is 0 Å². The molecule has 0 aliphatic carbocycles. The SMILES string of the molecule is CCCCCC/C=C/CCCCCCCC(=O)O[C@H](COC(=O)/C=C/C=C/CCCCCCCCCCCCC)COP(=O)(O)O. The van der Waals surface area contributed by atoms with Crippen LogP contribution in [0.5, 0.6) is 0 Å². The molecule has 0 heterocycles. The van der Waals surface area contributed by atoms with E-state index in [1.54, 1.807) is 12.2 Å². The number of rotatable bonds is 33. The Morgan fingerprint density at radius 3 is 1.59 bits per heavy atom. The molecule has 2 N–H and O–H groups in total. The number of hydrogen-bond donors (Lipinski definition) is 2. The van der Waals surface area contributed by atoms with E-state index in [4.69, 9.17) is 19.3 Å². The highest BCUT2D eigenvalue weighted by molar-refractivity contribution is 7.46. The summed E-state index contributed by atoms with van der Waals surface area (Å²) in [4.78, 5) is 42.5. The Morgan fingerprint density at radius 1 is 0.609 bits per heavy atom. The van der Waals surface area contributed by atoms with Crippen LogP contribution in [0, 0.1) is 0 Å². The summed E-state index contributed by atoms with van der Waals surface area (Å²) in [5, 5.41) is 0. The first-order valence-electron chi connectivity index (χ1n) is 18.3. The van der Waals surface area contributed by atoms with E-state index in [1.165, 1.54) is 96.0 Å². The van der Waals surface area contributed by atoms with Crippen LogP contribution < -0.4 is 0 Å². The second kappa shape index (κ2) is 33.2. The van der Waals surface area contributed by atoms with Gasteiger partial charge >= 0.3 is 19.8 Å². The molecule has 0 saturated heterocycles. The zero-order valence-corrected chi connectivity index (χ0v) is 30.1. The Kier molecular flexibility index (Phi) is 31.9. The lowest BCUT2D eigenvalue weighted by molar-refractivity contribution is -0.159. The molecular formula is C37H67O8P. The molecule has 46 heavy (non-hydrogen) atoms. The molecule has 0 bridgehead atoms. The lowest BCUT2D eigenvalue weighted by atomic mass is 10.1. The number of carbonyl (C=O) groups excluding carboxylic acids is 2. The van der Waals surface area contributed by atoms with Crippen LogP contribution in [0.2, 0.25) is 0 Å². The van der Waals surface area contributed by atoms with E-state index in [-0.39, 0.29) is 13.0 Å². The van der Waals surface area contributed by atoms with E-state index in [9.17, 15) is 14.2 Å². The Hall–Kier alpha value is -1.73. The van der Waals surface area contributed by atoms with Gasteiger partial charge in [0.25, 0.3) is 0 Å². The highest BCUT2D eigenvalue weighted by atomic mass is 31.2. The van der Waals surface area contributed by atoms with Crippen molar-refractivity contribution in [2.24, 2.45) is 0 Å². The molecule has 0 unspecified atom stereocenters. The number of phosphoric acid groups is 1. The molecule has 268 valence electrons. The quantitative estimate of drug-likeness (QED) is 0.0177. The summed E-state index contributed by atoms with van der Waals surface area (Å²) in [6, 6.07) is 0. The summed E-state index contributed by atoms with van der Waals surface area (Å²) in [6.45, 7) is 3.54. The van der Waals surface area contributed by atoms with Crippen molar-refractivity contribution < 1.29 is 37.9 Å². The van der Waals surface area contributed by atoms with Gasteiger partial charge in [-0.25, -0.2) is 9.36 Å². The maximum Gasteiger partial charge on any atom is 0.469 e. The van der Waals surface area contributed by atoms with Gasteiger partial charge in [-0.3, -0.25) is 9.32 Å². The van der Waals surface area contributed by atoms with Gasteiger partial charge < -0.3 is 19.3 Å². The van der Waals surface area contributed by atoms with Gasteiger partial charge in [0.05, 0.1) is 6.61 Å². The molecule has 0 aliphatic heterocycles. The van der Waals surface area contributed by atoms with E-state index in [1.807, 2.05) is 6.08 Å². The second-order valence-electron chi connectivity index (χ2n) is 12.3. The minimum atomic E-state index is -4.77. The van der Waals surface area contributed by atoms with Gasteiger partial charge in [0, 0.05) is 12.5 Å². The Labute approximate surface area is 281 Å². The van der Waals surface area contributed by atoms with Crippen molar-refractivity contribution in [1.82, 2.24) is 0 Å². The Morgan fingerprint density at radius 2 is 1.07 bits per heavy atom. The van der Waals surface area contributed by atoms with Gasteiger partial charge in [-0.2, -0.15) is 0 Å². The number of allylic oxidation sites excluding steroid dienone is 5. The zero-order valence-electron chi connectivity index (χ0n) is 29.2. The fraction of sp³-hybridized carbons (Fsp3) is 0.784. The minimum absolute atomic E-state index is 0.182. The highest BCUT2D eigenvalue weighted by Crippen LogP contribution is 2.35. The molecule has 0 radical (unpaired) electrons. The maximum atomic E-state index is 12.3. The summed E-state index contributed by atoms with van der Waals surface area (Å²) in [7, 11) is -4.77. The van der Waals surface area contributed by atoms with Gasteiger partial charge in [-0.1, -0.05) is 147 Å². The van der Waals surface area contributed by atoms with Crippen LogP contribution in [0.15, 0.2) is 36.5 Å². The smallest absolute Gasteiger partial charge is 0.458 e. The number of hydrogen-bond acceptors (Lipinski definition) is 6. The van der Waals surface area contributed by atoms with Crippen LogP contribution in [0.1, 0.15) is 168 Å². The predicted molar refractivity (Wildman–Crippen MR) is 188 cm³/mol. The van der Waals surface area contributed by atoms with E-state index in [0.29, 0.717) is 6.42 Å². The summed E-state index contributed by atoms with van der Waals surface area (Å²) in [5.41, 5.74) is 0. The molecule has 8 nitrogen and oxygen atoms in total. The van der Waals surface area contributed by atoms with Gasteiger partial charge in [-0.15, -0.1) is 0 Å². The first-order chi connectivity index (χ1) is 22.3. The molecule has 0 saturated carbocycles. The predicted octanol–water partition coefficient (Wildman–Crippen LogP) is 10.6. The summed E-state index contributed by atoms with van der Waals surface area (Å²) < 4.78 is 26.1. The van der Waals surface area contributed by atoms with Crippen molar-refractivity contribution in [3.05, 3.63) is 36.5 Å². The fourth-order valence-electron chi connectivity index (χ4n) is 4.99. The van der Waals surface area contributed by atoms with Crippen LogP contribution >= 0.6 is 7.82 Å². The number of unbranched alkanes of at least 4 members (excludes halogenated alkanes) is 20. The van der Waals surface area contributed by atoms with E-state index < -0.39 is 32.5 Å². The second-order valence-corrected chi connectivity index (χ2v) is 13.5. The standard InChI is InChI=1S/C37H67O8P/c1-3-5-7-9-11-13-15-17-18-20-21-23-25-27-29-31-36(38)43-33-35(34-44-46(40,41)42)45-37(39)32-30-28-26-24-22-19-16-14-12-10-8-6-4-2/h14,16,25,27,29,31,35H,3-13,15,17-24,26,28,30,32-34H2,1-2H3,(H2,40,41,42)/b16-14+,27-25+,31-29+/t35-/m1/s1. The largest absolute Gasteiger partial charge is 0.469 e. The topological polar surface area (TPSA) is 119 Å². The number of esters is 2. The van der Waals surface area contributed by atoms with Crippen molar-refractivity contribution in [1.29, 1.82) is 0 Å². The van der Waals surface area contributed by atoms with Gasteiger partial charge in [-0.05, 0) is 44.9 Å². The summed E-state index contributed by atoms with van der Waals surface area (Å²) in [5.74, 6) is -1.15. The molecule has 0 rings (SSSR count). The van der Waals surface area contributed by atoms with Crippen LogP contribution in [-0.4, -0.2) is 41.0 Å². The molecule has 0 aromatic carbocycles. The van der Waals surface area contributed by atoms with E-state index in [2.05, 4.69) is 30.5 Å². The van der Waals surface area contributed by atoms with E-state index in [0.717, 1.165) is 51.4 Å². The molecule has 0 spiro atoms. The van der Waals surface area contributed by atoms with Crippen molar-refractivity contribution in [2.45, 2.75) is 174 Å². The highest BCUT2D eigenvalue weighted by Gasteiger charge is 2.22. The fourth-order valence-corrected chi connectivity index (χ4v) is 5.35. The third kappa shape index (κ3) is 35.1. The average Bonchev–Trinajstić information content (AvgIpc) is 3.02. The van der Waals surface area contributed by atoms with E-state index >= 15 is 0 Å². The average molecular weight is 671 g/mol. The molecule has 0 amide bonds. The molecule has 1 atom stereocenters. The zero-order chi connectivity index (χ0) is 34.0. The molecular weight excluding hydrogens is 603 g/mol. The molecule has 0 aromatic heterocycles. The normalized spacial score (nSPS) is 12.9. The monoisotopic (exact) mass is 670 g/mol. The third-order valence-electron chi connectivity index (χ3n) is 7.73. The van der Waals surface area contributed by atoms with Gasteiger partial charge in [0.1, 0.15) is 6.61 Å². The van der Waals surface area contributed by atoms with Crippen LogP contribution in [0.4, 0.5) is 0 Å². The molecule has 0 aliphatic rings. The molecule has 0 aromatic rings. The Balaban J connectivity index is 4.10. The van der Waals surface area contributed by atoms with Gasteiger partial charge in [0.15, 0.2) is 6.10 Å². The summed E-state index contributed by atoms with van der Waals surface area (Å²) in [6.07, 6.45) is 37.8. The first kappa shape index (κ1) is 44.3. The van der Waals surface area contributed by atoms with Crippen LogP contribution in [-0.2, 0) is 28.2 Å². The molecule has 0 fully saturated rings.